The highest BCUT2D eigenvalue weighted by Crippen LogP contribution is 2.35. The van der Waals surface area contributed by atoms with Crippen molar-refractivity contribution in [1.29, 1.82) is 0 Å². The van der Waals surface area contributed by atoms with Crippen LogP contribution < -0.4 is 0 Å². The van der Waals surface area contributed by atoms with E-state index in [9.17, 15) is 8.42 Å². The van der Waals surface area contributed by atoms with Crippen molar-refractivity contribution in [3.63, 3.8) is 0 Å². The highest BCUT2D eigenvalue weighted by molar-refractivity contribution is 7.90. The zero-order valence-electron chi connectivity index (χ0n) is 14.2. The Hall–Kier alpha value is -3.31. The van der Waals surface area contributed by atoms with Gasteiger partial charge in [0.25, 0.3) is 10.0 Å². The van der Waals surface area contributed by atoms with Gasteiger partial charge in [-0.25, -0.2) is 12.4 Å². The lowest BCUT2D eigenvalue weighted by Gasteiger charge is -2.10. The van der Waals surface area contributed by atoms with Crippen LogP contribution in [0.3, 0.4) is 0 Å². The van der Waals surface area contributed by atoms with E-state index in [2.05, 4.69) is 0 Å². The highest BCUT2D eigenvalue weighted by atomic mass is 32.2. The number of benzene rings is 3. The van der Waals surface area contributed by atoms with Crippen LogP contribution in [0.2, 0.25) is 0 Å². The van der Waals surface area contributed by atoms with E-state index in [-0.39, 0.29) is 4.90 Å². The molecule has 0 N–H and O–H groups in total. The maximum absolute atomic E-state index is 13.4. The fourth-order valence-corrected chi connectivity index (χ4v) is 4.91. The predicted molar refractivity (Wildman–Crippen MR) is 106 cm³/mol. The van der Waals surface area contributed by atoms with Crippen molar-refractivity contribution in [2.24, 2.45) is 0 Å². The number of fused-ring (bicyclic) bond motifs is 2. The second-order valence-corrected chi connectivity index (χ2v) is 8.11. The molecule has 5 heteroatoms. The molecule has 0 fully saturated rings. The van der Waals surface area contributed by atoms with E-state index in [0.717, 1.165) is 16.4 Å². The van der Waals surface area contributed by atoms with Crippen molar-refractivity contribution in [3.05, 3.63) is 91.0 Å². The van der Waals surface area contributed by atoms with Crippen LogP contribution in [-0.2, 0) is 10.0 Å². The monoisotopic (exact) mass is 373 g/mol. The minimum absolute atomic E-state index is 0.240. The summed E-state index contributed by atoms with van der Waals surface area (Å²) in [6, 6.07) is 27.3. The lowest BCUT2D eigenvalue weighted by molar-refractivity contribution is 0.586. The molecule has 132 valence electrons. The minimum atomic E-state index is -3.78. The molecule has 0 atom stereocenters. The van der Waals surface area contributed by atoms with Gasteiger partial charge in [0.1, 0.15) is 11.3 Å². The molecule has 5 aromatic rings. The van der Waals surface area contributed by atoms with Crippen molar-refractivity contribution in [3.8, 4) is 11.5 Å². The van der Waals surface area contributed by atoms with E-state index < -0.39 is 10.0 Å². The fraction of sp³-hybridized carbons (Fsp3) is 0. The molecule has 5 rings (SSSR count). The largest absolute Gasteiger partial charge is 0.454 e. The summed E-state index contributed by atoms with van der Waals surface area (Å²) < 4.78 is 34.2. The van der Waals surface area contributed by atoms with Gasteiger partial charge >= 0.3 is 0 Å². The number of hydrogen-bond acceptors (Lipinski definition) is 3. The molecule has 0 amide bonds. The molecular weight excluding hydrogens is 358 g/mol. The lowest BCUT2D eigenvalue weighted by Crippen LogP contribution is -2.13. The average Bonchev–Trinajstić information content (AvgIpc) is 3.30. The van der Waals surface area contributed by atoms with Crippen LogP contribution in [0.25, 0.3) is 33.3 Å². The van der Waals surface area contributed by atoms with E-state index in [1.165, 1.54) is 3.97 Å². The lowest BCUT2D eigenvalue weighted by atomic mass is 10.2. The first kappa shape index (κ1) is 15.9. The zero-order valence-corrected chi connectivity index (χ0v) is 15.1. The Bertz CT molecular complexity index is 1350. The van der Waals surface area contributed by atoms with Gasteiger partial charge in [0.15, 0.2) is 5.76 Å². The zero-order chi connectivity index (χ0) is 18.4. The topological polar surface area (TPSA) is 52.2 Å². The highest BCUT2D eigenvalue weighted by Gasteiger charge is 2.25. The summed E-state index contributed by atoms with van der Waals surface area (Å²) in [4.78, 5) is 0.240. The Morgan fingerprint density at radius 3 is 2.15 bits per heavy atom. The Kier molecular flexibility index (Phi) is 3.45. The fourth-order valence-electron chi connectivity index (χ4n) is 3.37. The maximum atomic E-state index is 13.4. The first-order valence-corrected chi connectivity index (χ1v) is 9.99. The van der Waals surface area contributed by atoms with E-state index in [1.807, 2.05) is 60.7 Å². The van der Waals surface area contributed by atoms with E-state index in [0.29, 0.717) is 17.0 Å². The normalized spacial score (nSPS) is 12.0. The molecule has 0 aliphatic heterocycles. The molecular formula is C22H15NO3S. The van der Waals surface area contributed by atoms with Gasteiger partial charge in [-0.1, -0.05) is 54.6 Å². The van der Waals surface area contributed by atoms with Crippen molar-refractivity contribution >= 4 is 31.9 Å². The summed E-state index contributed by atoms with van der Waals surface area (Å²) in [5.41, 5.74) is 1.86. The smallest absolute Gasteiger partial charge is 0.268 e. The van der Waals surface area contributed by atoms with Gasteiger partial charge in [0.2, 0.25) is 0 Å². The number of nitrogens with zero attached hydrogens (tertiary/aromatic N) is 1. The average molecular weight is 373 g/mol. The second kappa shape index (κ2) is 5.86. The van der Waals surface area contributed by atoms with Crippen molar-refractivity contribution < 1.29 is 12.8 Å². The van der Waals surface area contributed by atoms with Crippen LogP contribution in [-0.4, -0.2) is 12.4 Å². The van der Waals surface area contributed by atoms with Crippen molar-refractivity contribution in [1.82, 2.24) is 3.97 Å². The van der Waals surface area contributed by atoms with Gasteiger partial charge in [-0.15, -0.1) is 0 Å². The number of para-hydroxylation sites is 2. The van der Waals surface area contributed by atoms with Gasteiger partial charge in [-0.3, -0.25) is 0 Å². The van der Waals surface area contributed by atoms with Crippen LogP contribution in [0.5, 0.6) is 0 Å². The SMILES string of the molecule is O=S(=O)(c1ccccc1)n1c(-c2cc3ccccc3o2)cc2ccccc21. The third-order valence-electron chi connectivity index (χ3n) is 4.63. The summed E-state index contributed by atoms with van der Waals surface area (Å²) in [6.07, 6.45) is 0. The molecule has 27 heavy (non-hydrogen) atoms. The molecule has 2 aromatic heterocycles. The van der Waals surface area contributed by atoms with Crippen LogP contribution in [0.15, 0.2) is 100 Å². The quantitative estimate of drug-likeness (QED) is 0.432. The van der Waals surface area contributed by atoms with Gasteiger partial charge in [0, 0.05) is 10.8 Å². The Balaban J connectivity index is 1.85. The van der Waals surface area contributed by atoms with Gasteiger partial charge in [-0.2, -0.15) is 0 Å². The molecule has 0 spiro atoms. The van der Waals surface area contributed by atoms with Crippen molar-refractivity contribution in [2.45, 2.75) is 4.90 Å². The standard InChI is InChI=1S/C22H15NO3S/c24-27(25,18-10-2-1-3-11-18)23-19-12-6-4-8-16(19)14-20(23)22-15-17-9-5-7-13-21(17)26-22/h1-15H. The Morgan fingerprint density at radius 1 is 0.704 bits per heavy atom. The molecule has 3 aromatic carbocycles. The Morgan fingerprint density at radius 2 is 1.37 bits per heavy atom. The molecule has 4 nitrogen and oxygen atoms in total. The molecule has 0 radical (unpaired) electrons. The molecule has 0 saturated heterocycles. The molecule has 0 unspecified atom stereocenters. The maximum Gasteiger partial charge on any atom is 0.268 e. The predicted octanol–water partition coefficient (Wildman–Crippen LogP) is 5.29. The summed E-state index contributed by atoms with van der Waals surface area (Å²) in [5, 5.41) is 1.77. The number of rotatable bonds is 3. The second-order valence-electron chi connectivity index (χ2n) is 6.32. The van der Waals surface area contributed by atoms with E-state index in [4.69, 9.17) is 4.42 Å². The van der Waals surface area contributed by atoms with Gasteiger partial charge < -0.3 is 4.42 Å². The number of aromatic nitrogens is 1. The number of hydrogen-bond donors (Lipinski definition) is 0. The van der Waals surface area contributed by atoms with E-state index in [1.54, 1.807) is 30.3 Å². The summed E-state index contributed by atoms with van der Waals surface area (Å²) in [6.45, 7) is 0. The molecule has 0 aliphatic carbocycles. The van der Waals surface area contributed by atoms with Crippen LogP contribution in [0.1, 0.15) is 0 Å². The molecule has 0 aliphatic rings. The van der Waals surface area contributed by atoms with Crippen LogP contribution >= 0.6 is 0 Å². The minimum Gasteiger partial charge on any atom is -0.454 e. The van der Waals surface area contributed by atoms with E-state index >= 15 is 0 Å². The summed E-state index contributed by atoms with van der Waals surface area (Å²) >= 11 is 0. The third-order valence-corrected chi connectivity index (χ3v) is 6.37. The number of furan rings is 1. The molecule has 0 saturated carbocycles. The summed E-state index contributed by atoms with van der Waals surface area (Å²) in [7, 11) is -3.78. The molecule has 2 heterocycles. The Labute approximate surface area is 156 Å². The summed E-state index contributed by atoms with van der Waals surface area (Å²) in [5.74, 6) is 0.520. The molecule has 0 bridgehead atoms. The first-order chi connectivity index (χ1) is 13.1. The van der Waals surface area contributed by atoms with Gasteiger partial charge in [-0.05, 0) is 36.4 Å². The van der Waals surface area contributed by atoms with Crippen LogP contribution in [0, 0.1) is 0 Å². The van der Waals surface area contributed by atoms with Crippen molar-refractivity contribution in [2.75, 3.05) is 0 Å². The van der Waals surface area contributed by atoms with Gasteiger partial charge in [0.05, 0.1) is 10.4 Å². The third kappa shape index (κ3) is 2.47. The first-order valence-electron chi connectivity index (χ1n) is 8.55. The van der Waals surface area contributed by atoms with Crippen LogP contribution in [0.4, 0.5) is 0 Å².